The molecule has 1 aliphatic rings. The second-order valence-electron chi connectivity index (χ2n) is 6.77. The minimum Gasteiger partial charge on any atom is -0.468 e. The number of esters is 1. The van der Waals surface area contributed by atoms with Crippen LogP contribution in [0.3, 0.4) is 0 Å². The Kier molecular flexibility index (Phi) is 6.29. The number of rotatable bonds is 7. The third kappa shape index (κ3) is 4.99. The van der Waals surface area contributed by atoms with Crippen LogP contribution in [-0.4, -0.2) is 56.7 Å². The first-order chi connectivity index (χ1) is 13.8. The van der Waals surface area contributed by atoms with E-state index >= 15 is 0 Å². The van der Waals surface area contributed by atoms with E-state index in [0.717, 1.165) is 7.11 Å². The highest BCUT2D eigenvalue weighted by atomic mass is 32.2. The fraction of sp³-hybridized carbons (Fsp3) is 0.300. The van der Waals surface area contributed by atoms with Crippen molar-refractivity contribution in [1.82, 2.24) is 9.62 Å². The van der Waals surface area contributed by atoms with E-state index in [-0.39, 0.29) is 25.4 Å². The number of benzene rings is 2. The van der Waals surface area contributed by atoms with E-state index in [1.54, 1.807) is 30.3 Å². The Bertz CT molecular complexity index is 974. The van der Waals surface area contributed by atoms with E-state index in [2.05, 4.69) is 4.72 Å². The molecule has 1 fully saturated rings. The summed E-state index contributed by atoms with van der Waals surface area (Å²) in [5.74, 6) is -1.41. The number of hydrogen-bond acceptors (Lipinski definition) is 5. The van der Waals surface area contributed by atoms with Crippen LogP contribution in [0.25, 0.3) is 0 Å². The van der Waals surface area contributed by atoms with E-state index in [0.29, 0.717) is 11.1 Å². The van der Waals surface area contributed by atoms with Gasteiger partial charge in [-0.2, -0.15) is 0 Å². The minimum absolute atomic E-state index is 0.0194. The molecule has 154 valence electrons. The average molecular weight is 420 g/mol. The predicted molar refractivity (Wildman–Crippen MR) is 104 cm³/mol. The second kappa shape index (κ2) is 8.71. The van der Waals surface area contributed by atoms with Crippen molar-refractivity contribution in [3.8, 4) is 0 Å². The Morgan fingerprint density at radius 2 is 1.76 bits per heavy atom. The maximum Gasteiger partial charge on any atom is 0.324 e. The molecule has 1 saturated heterocycles. The summed E-state index contributed by atoms with van der Waals surface area (Å²) in [5.41, 5.74) is 1.07. The molecule has 0 aromatic heterocycles. The van der Waals surface area contributed by atoms with Gasteiger partial charge in [-0.3, -0.25) is 9.59 Å². The van der Waals surface area contributed by atoms with Crippen LogP contribution in [0, 0.1) is 5.82 Å². The lowest BCUT2D eigenvalue weighted by atomic mass is 10.1. The lowest BCUT2D eigenvalue weighted by Crippen LogP contribution is -2.61. The number of methoxy groups -OCH3 is 1. The summed E-state index contributed by atoms with van der Waals surface area (Å²) < 4.78 is 45.5. The summed E-state index contributed by atoms with van der Waals surface area (Å²) in [4.78, 5) is 25.8. The third-order valence-corrected chi connectivity index (χ3v) is 6.53. The third-order valence-electron chi connectivity index (χ3n) is 4.74. The van der Waals surface area contributed by atoms with E-state index in [1.807, 2.05) is 0 Å². The second-order valence-corrected chi connectivity index (χ2v) is 8.76. The van der Waals surface area contributed by atoms with E-state index < -0.39 is 33.1 Å². The van der Waals surface area contributed by atoms with Crippen LogP contribution < -0.4 is 4.72 Å². The molecule has 1 N–H and O–H groups in total. The number of amides is 1. The SMILES string of the molecule is COC(=O)C(Cc1ccc(F)cc1)NS(=O)(=O)C1CN(C(=O)c2ccccc2)C1. The molecule has 2 aromatic carbocycles. The van der Waals surface area contributed by atoms with Gasteiger partial charge in [0, 0.05) is 18.7 Å². The Balaban J connectivity index is 1.64. The van der Waals surface area contributed by atoms with Gasteiger partial charge in [-0.05, 0) is 36.2 Å². The topological polar surface area (TPSA) is 92.8 Å². The molecule has 9 heteroatoms. The average Bonchev–Trinajstić information content (AvgIpc) is 2.67. The number of sulfonamides is 1. The predicted octanol–water partition coefficient (Wildman–Crippen LogP) is 1.35. The molecule has 1 amide bonds. The Hall–Kier alpha value is -2.78. The molecule has 0 saturated carbocycles. The van der Waals surface area contributed by atoms with Crippen LogP contribution in [0.5, 0.6) is 0 Å². The molecule has 3 rings (SSSR count). The monoisotopic (exact) mass is 420 g/mol. The highest BCUT2D eigenvalue weighted by molar-refractivity contribution is 7.90. The zero-order valence-corrected chi connectivity index (χ0v) is 16.6. The molecule has 7 nitrogen and oxygen atoms in total. The Morgan fingerprint density at radius 1 is 1.14 bits per heavy atom. The van der Waals surface area contributed by atoms with Gasteiger partial charge in [0.1, 0.15) is 17.1 Å². The van der Waals surface area contributed by atoms with Crippen LogP contribution in [0.4, 0.5) is 4.39 Å². The molecular formula is C20H21FN2O5S. The van der Waals surface area contributed by atoms with Gasteiger partial charge in [-0.15, -0.1) is 0 Å². The molecule has 1 unspecified atom stereocenters. The number of carbonyl (C=O) groups excluding carboxylic acids is 2. The largest absolute Gasteiger partial charge is 0.468 e. The number of nitrogens with one attached hydrogen (secondary N) is 1. The highest BCUT2D eigenvalue weighted by Gasteiger charge is 2.41. The van der Waals surface area contributed by atoms with Crippen molar-refractivity contribution in [2.24, 2.45) is 0 Å². The molecular weight excluding hydrogens is 399 g/mol. The van der Waals surface area contributed by atoms with Gasteiger partial charge in [-0.1, -0.05) is 30.3 Å². The lowest BCUT2D eigenvalue weighted by Gasteiger charge is -2.39. The van der Waals surface area contributed by atoms with Gasteiger partial charge >= 0.3 is 5.97 Å². The zero-order valence-electron chi connectivity index (χ0n) is 15.7. The fourth-order valence-electron chi connectivity index (χ4n) is 3.03. The normalized spacial score (nSPS) is 15.4. The molecule has 1 atom stereocenters. The summed E-state index contributed by atoms with van der Waals surface area (Å²) in [6, 6.07) is 12.9. The smallest absolute Gasteiger partial charge is 0.324 e. The van der Waals surface area contributed by atoms with Crippen LogP contribution in [-0.2, 0) is 26.0 Å². The molecule has 1 aliphatic heterocycles. The van der Waals surface area contributed by atoms with Crippen LogP contribution >= 0.6 is 0 Å². The summed E-state index contributed by atoms with van der Waals surface area (Å²) in [7, 11) is -2.71. The first-order valence-electron chi connectivity index (χ1n) is 8.98. The number of carbonyl (C=O) groups is 2. The van der Waals surface area contributed by atoms with Gasteiger partial charge in [0.05, 0.1) is 7.11 Å². The number of likely N-dealkylation sites (tertiary alicyclic amines) is 1. The van der Waals surface area contributed by atoms with Crippen molar-refractivity contribution in [2.45, 2.75) is 17.7 Å². The number of nitrogens with zero attached hydrogens (tertiary/aromatic N) is 1. The molecule has 0 bridgehead atoms. The van der Waals surface area contributed by atoms with Gasteiger partial charge < -0.3 is 9.64 Å². The summed E-state index contributed by atoms with van der Waals surface area (Å²) in [6.07, 6.45) is 0.0194. The fourth-order valence-corrected chi connectivity index (χ4v) is 4.55. The molecule has 29 heavy (non-hydrogen) atoms. The van der Waals surface area contributed by atoms with Crippen LogP contribution in [0.1, 0.15) is 15.9 Å². The summed E-state index contributed by atoms with van der Waals surface area (Å²) >= 11 is 0. The summed E-state index contributed by atoms with van der Waals surface area (Å²) in [6.45, 7) is 0.0704. The number of hydrogen-bond donors (Lipinski definition) is 1. The van der Waals surface area contributed by atoms with Crippen LogP contribution in [0.2, 0.25) is 0 Å². The first kappa shape index (κ1) is 20.9. The Labute approximate surface area is 168 Å². The van der Waals surface area contributed by atoms with Crippen molar-refractivity contribution in [3.63, 3.8) is 0 Å². The van der Waals surface area contributed by atoms with Gasteiger partial charge in [0.15, 0.2) is 0 Å². The maximum atomic E-state index is 13.1. The molecule has 2 aromatic rings. The van der Waals surface area contributed by atoms with E-state index in [1.165, 1.54) is 29.2 Å². The van der Waals surface area contributed by atoms with Crippen molar-refractivity contribution in [3.05, 3.63) is 71.5 Å². The zero-order chi connectivity index (χ0) is 21.0. The van der Waals surface area contributed by atoms with E-state index in [4.69, 9.17) is 4.74 Å². The first-order valence-corrected chi connectivity index (χ1v) is 10.5. The Morgan fingerprint density at radius 3 is 2.34 bits per heavy atom. The van der Waals surface area contributed by atoms with E-state index in [9.17, 15) is 22.4 Å². The number of halogens is 1. The highest BCUT2D eigenvalue weighted by Crippen LogP contribution is 2.19. The lowest BCUT2D eigenvalue weighted by molar-refractivity contribution is -0.142. The van der Waals surface area contributed by atoms with Gasteiger partial charge in [-0.25, -0.2) is 17.5 Å². The minimum atomic E-state index is -3.87. The van der Waals surface area contributed by atoms with Crippen molar-refractivity contribution < 1.29 is 27.1 Å². The molecule has 1 heterocycles. The van der Waals surface area contributed by atoms with Crippen LogP contribution in [0.15, 0.2) is 54.6 Å². The number of ether oxygens (including phenoxy) is 1. The van der Waals surface area contributed by atoms with Gasteiger partial charge in [0.25, 0.3) is 5.91 Å². The molecule has 0 spiro atoms. The van der Waals surface area contributed by atoms with Crippen molar-refractivity contribution in [1.29, 1.82) is 0 Å². The molecule has 0 radical (unpaired) electrons. The van der Waals surface area contributed by atoms with Crippen molar-refractivity contribution in [2.75, 3.05) is 20.2 Å². The van der Waals surface area contributed by atoms with Crippen molar-refractivity contribution >= 4 is 21.9 Å². The van der Waals surface area contributed by atoms with Gasteiger partial charge in [0.2, 0.25) is 10.0 Å². The maximum absolute atomic E-state index is 13.1. The summed E-state index contributed by atoms with van der Waals surface area (Å²) in [5, 5.41) is -0.824. The standard InChI is InChI=1S/C20H21FN2O5S/c1-28-20(25)18(11-14-7-9-16(21)10-8-14)22-29(26,27)17-12-23(13-17)19(24)15-5-3-2-4-6-15/h2-10,17-18,22H,11-13H2,1H3. The quantitative estimate of drug-likeness (QED) is 0.683. The molecule has 0 aliphatic carbocycles.